The van der Waals surface area contributed by atoms with E-state index >= 15 is 0 Å². The molecule has 2 aromatic rings. The van der Waals surface area contributed by atoms with E-state index in [9.17, 15) is 0 Å². The largest absolute Gasteiger partial charge is 0.455 e. The number of aryl methyl sites for hydroxylation is 2. The predicted molar refractivity (Wildman–Crippen MR) is 65.6 cm³/mol. The maximum absolute atomic E-state index is 5.78. The second-order valence-electron chi connectivity index (χ2n) is 3.74. The van der Waals surface area contributed by atoms with E-state index in [2.05, 4.69) is 4.98 Å². The summed E-state index contributed by atoms with van der Waals surface area (Å²) in [5.74, 6) is 1.58. The van der Waals surface area contributed by atoms with Crippen LogP contribution in [0, 0.1) is 13.8 Å². The van der Waals surface area contributed by atoms with Crippen LogP contribution in [0.25, 0.3) is 0 Å². The van der Waals surface area contributed by atoms with Gasteiger partial charge in [-0.25, -0.2) is 0 Å². The van der Waals surface area contributed by atoms with Gasteiger partial charge in [-0.2, -0.15) is 0 Å². The molecule has 0 bridgehead atoms. The van der Waals surface area contributed by atoms with Gasteiger partial charge in [-0.05, 0) is 42.7 Å². The average Bonchev–Trinajstić information content (AvgIpc) is 2.26. The zero-order valence-electron chi connectivity index (χ0n) is 9.40. The topological polar surface area (TPSA) is 22.1 Å². The van der Waals surface area contributed by atoms with Crippen molar-refractivity contribution in [3.05, 3.63) is 47.7 Å². The van der Waals surface area contributed by atoms with E-state index < -0.39 is 0 Å². The molecule has 2 radical (unpaired) electrons. The maximum Gasteiger partial charge on any atom is 0.145 e. The van der Waals surface area contributed by atoms with Crippen molar-refractivity contribution in [1.82, 2.24) is 4.98 Å². The first-order chi connectivity index (χ1) is 7.66. The molecule has 0 unspecified atom stereocenters. The number of rotatable bonds is 2. The number of benzene rings is 1. The van der Waals surface area contributed by atoms with Gasteiger partial charge in [-0.3, -0.25) is 4.98 Å². The van der Waals surface area contributed by atoms with Crippen LogP contribution in [-0.2, 0) is 0 Å². The van der Waals surface area contributed by atoms with Crippen LogP contribution in [0.15, 0.2) is 36.5 Å². The molecule has 16 heavy (non-hydrogen) atoms. The Hall–Kier alpha value is -1.77. The minimum absolute atomic E-state index is 0.494. The Morgan fingerprint density at radius 3 is 2.31 bits per heavy atom. The Kier molecular flexibility index (Phi) is 2.95. The van der Waals surface area contributed by atoms with Gasteiger partial charge in [0.15, 0.2) is 0 Å². The van der Waals surface area contributed by atoms with E-state index in [0.717, 1.165) is 16.9 Å². The zero-order valence-corrected chi connectivity index (χ0v) is 9.40. The Morgan fingerprint density at radius 2 is 1.75 bits per heavy atom. The summed E-state index contributed by atoms with van der Waals surface area (Å²) in [7, 11) is 5.51. The zero-order chi connectivity index (χ0) is 11.5. The first-order valence-corrected chi connectivity index (χ1v) is 5.12. The third-order valence-electron chi connectivity index (χ3n) is 2.39. The van der Waals surface area contributed by atoms with Crippen molar-refractivity contribution in [3.63, 3.8) is 0 Å². The number of para-hydroxylation sites is 1. The highest BCUT2D eigenvalue weighted by molar-refractivity contribution is 6.30. The molecular formula is C13H12BNO. The number of aromatic nitrogens is 1. The molecule has 0 saturated carbocycles. The van der Waals surface area contributed by atoms with Crippen LogP contribution in [0.2, 0.25) is 0 Å². The van der Waals surface area contributed by atoms with Gasteiger partial charge in [-0.1, -0.05) is 18.2 Å². The van der Waals surface area contributed by atoms with Crippen molar-refractivity contribution in [1.29, 1.82) is 0 Å². The van der Waals surface area contributed by atoms with E-state index in [1.807, 2.05) is 38.1 Å². The highest BCUT2D eigenvalue weighted by atomic mass is 16.5. The summed E-state index contributed by atoms with van der Waals surface area (Å²) >= 11 is 0. The fourth-order valence-corrected chi connectivity index (χ4v) is 1.53. The van der Waals surface area contributed by atoms with Crippen LogP contribution in [0.4, 0.5) is 0 Å². The van der Waals surface area contributed by atoms with Gasteiger partial charge in [0, 0.05) is 0 Å². The Labute approximate surface area is 96.7 Å². The summed E-state index contributed by atoms with van der Waals surface area (Å²) in [5.41, 5.74) is 2.71. The summed E-state index contributed by atoms with van der Waals surface area (Å²) in [6.07, 6.45) is 1.63. The highest BCUT2D eigenvalue weighted by Gasteiger charge is 2.04. The maximum atomic E-state index is 5.78. The lowest BCUT2D eigenvalue weighted by Gasteiger charge is -2.11. The molecule has 0 aliphatic rings. The quantitative estimate of drug-likeness (QED) is 0.708. The Bertz CT molecular complexity index is 474. The first kappa shape index (κ1) is 10.7. The summed E-state index contributed by atoms with van der Waals surface area (Å²) in [6.45, 7) is 4.04. The summed E-state index contributed by atoms with van der Waals surface area (Å²) in [5, 5.41) is 0. The minimum Gasteiger partial charge on any atom is -0.455 e. The summed E-state index contributed by atoms with van der Waals surface area (Å²) < 4.78 is 5.78. The molecule has 0 N–H and O–H groups in total. The summed E-state index contributed by atoms with van der Waals surface area (Å²) in [4.78, 5) is 3.99. The van der Waals surface area contributed by atoms with E-state index in [-0.39, 0.29) is 0 Å². The number of nitrogens with zero attached hydrogens (tertiary/aromatic N) is 1. The normalized spacial score (nSPS) is 10.1. The van der Waals surface area contributed by atoms with E-state index in [0.29, 0.717) is 11.3 Å². The molecule has 78 valence electrons. The van der Waals surface area contributed by atoms with Crippen molar-refractivity contribution in [2.24, 2.45) is 0 Å². The molecule has 0 spiro atoms. The van der Waals surface area contributed by atoms with E-state index in [4.69, 9.17) is 12.6 Å². The summed E-state index contributed by atoms with van der Waals surface area (Å²) in [6, 6.07) is 9.59. The molecule has 0 saturated heterocycles. The Morgan fingerprint density at radius 1 is 1.06 bits per heavy atom. The van der Waals surface area contributed by atoms with Gasteiger partial charge in [0.2, 0.25) is 0 Å². The Balaban J connectivity index is 2.30. The third kappa shape index (κ3) is 2.24. The second kappa shape index (κ2) is 4.39. The number of ether oxygens (including phenoxy) is 1. The molecule has 1 aromatic carbocycles. The van der Waals surface area contributed by atoms with E-state index in [1.54, 1.807) is 12.3 Å². The van der Waals surface area contributed by atoms with Crippen molar-refractivity contribution in [2.75, 3.05) is 0 Å². The first-order valence-electron chi connectivity index (χ1n) is 5.12. The van der Waals surface area contributed by atoms with Crippen LogP contribution in [0.1, 0.15) is 11.1 Å². The van der Waals surface area contributed by atoms with Gasteiger partial charge in [-0.15, -0.1) is 0 Å². The highest BCUT2D eigenvalue weighted by Crippen LogP contribution is 2.27. The number of hydrogen-bond donors (Lipinski definition) is 0. The predicted octanol–water partition coefficient (Wildman–Crippen LogP) is 2.28. The van der Waals surface area contributed by atoms with Crippen molar-refractivity contribution >= 4 is 13.4 Å². The molecule has 0 aliphatic heterocycles. The van der Waals surface area contributed by atoms with Crippen molar-refractivity contribution < 1.29 is 4.74 Å². The van der Waals surface area contributed by atoms with Crippen molar-refractivity contribution in [2.45, 2.75) is 13.8 Å². The standard InChI is InChI=1S/C13H12BNO/c1-9-4-3-5-10(2)13(9)16-11-6-7-12(14)15-8-11/h3-8H,1-2H3. The van der Waals surface area contributed by atoms with Crippen LogP contribution in [-0.4, -0.2) is 12.8 Å². The molecule has 2 rings (SSSR count). The van der Waals surface area contributed by atoms with E-state index in [1.165, 1.54) is 0 Å². The fraction of sp³-hybridized carbons (Fsp3) is 0.154. The van der Waals surface area contributed by atoms with Gasteiger partial charge in [0.1, 0.15) is 19.3 Å². The second-order valence-corrected chi connectivity index (χ2v) is 3.74. The molecule has 0 fully saturated rings. The van der Waals surface area contributed by atoms with Gasteiger partial charge < -0.3 is 4.74 Å². The molecule has 1 aromatic heterocycles. The van der Waals surface area contributed by atoms with Crippen molar-refractivity contribution in [3.8, 4) is 11.5 Å². The van der Waals surface area contributed by atoms with Gasteiger partial charge >= 0.3 is 0 Å². The molecule has 0 aliphatic carbocycles. The lowest BCUT2D eigenvalue weighted by Crippen LogP contribution is -2.06. The van der Waals surface area contributed by atoms with Crippen LogP contribution in [0.3, 0.4) is 0 Å². The molecule has 0 atom stereocenters. The van der Waals surface area contributed by atoms with Gasteiger partial charge in [0.25, 0.3) is 0 Å². The lowest BCUT2D eigenvalue weighted by molar-refractivity contribution is 0.473. The van der Waals surface area contributed by atoms with Crippen LogP contribution >= 0.6 is 0 Å². The van der Waals surface area contributed by atoms with Crippen LogP contribution < -0.4 is 10.3 Å². The average molecular weight is 209 g/mol. The minimum atomic E-state index is 0.494. The monoisotopic (exact) mass is 209 g/mol. The molecule has 3 heteroatoms. The lowest BCUT2D eigenvalue weighted by atomic mass is 10.0. The fourth-order valence-electron chi connectivity index (χ4n) is 1.53. The van der Waals surface area contributed by atoms with Gasteiger partial charge in [0.05, 0.1) is 6.20 Å². The number of pyridine rings is 1. The number of hydrogen-bond acceptors (Lipinski definition) is 2. The molecule has 2 nitrogen and oxygen atoms in total. The molecular weight excluding hydrogens is 197 g/mol. The molecule has 1 heterocycles. The molecule has 0 amide bonds. The van der Waals surface area contributed by atoms with Crippen LogP contribution in [0.5, 0.6) is 11.5 Å². The SMILES string of the molecule is [B]c1ccc(Oc2c(C)cccc2C)cn1. The smallest absolute Gasteiger partial charge is 0.145 e. The third-order valence-corrected chi connectivity index (χ3v) is 2.39.